The van der Waals surface area contributed by atoms with Gasteiger partial charge in [0.05, 0.1) is 5.56 Å². The zero-order valence-electron chi connectivity index (χ0n) is 16.9. The molecule has 1 aromatic heterocycles. The highest BCUT2D eigenvalue weighted by Gasteiger charge is 2.25. The van der Waals surface area contributed by atoms with Crippen LogP contribution in [0.5, 0.6) is 5.75 Å². The molecule has 154 valence electrons. The van der Waals surface area contributed by atoms with Gasteiger partial charge < -0.3 is 15.0 Å². The van der Waals surface area contributed by atoms with Gasteiger partial charge in [-0.15, -0.1) is 11.8 Å². The van der Waals surface area contributed by atoms with Gasteiger partial charge in [-0.3, -0.25) is 9.59 Å². The van der Waals surface area contributed by atoms with Crippen molar-refractivity contribution in [3.63, 3.8) is 0 Å². The molecule has 0 spiro atoms. The Hall–Kier alpha value is -2.54. The number of carbonyl (C=O) groups is 2. The van der Waals surface area contributed by atoms with Gasteiger partial charge in [0.15, 0.2) is 6.61 Å². The smallest absolute Gasteiger partial charge is 0.257 e. The molecule has 1 N–H and O–H groups in total. The number of likely N-dealkylation sites (tertiary alicyclic amines) is 1. The summed E-state index contributed by atoms with van der Waals surface area (Å²) in [7, 11) is 0. The molecule has 6 nitrogen and oxygen atoms in total. The van der Waals surface area contributed by atoms with Crippen LogP contribution in [0.25, 0.3) is 0 Å². The summed E-state index contributed by atoms with van der Waals surface area (Å²) in [6.07, 6.45) is 5.39. The van der Waals surface area contributed by atoms with Crippen molar-refractivity contribution in [3.8, 4) is 5.75 Å². The lowest BCUT2D eigenvalue weighted by Crippen LogP contribution is -2.42. The van der Waals surface area contributed by atoms with E-state index in [2.05, 4.69) is 10.3 Å². The fourth-order valence-corrected chi connectivity index (χ4v) is 3.94. The maximum Gasteiger partial charge on any atom is 0.257 e. The van der Waals surface area contributed by atoms with E-state index in [4.69, 9.17) is 4.74 Å². The second kappa shape index (κ2) is 10.3. The summed E-state index contributed by atoms with van der Waals surface area (Å²) in [4.78, 5) is 31.0. The number of para-hydroxylation sites is 1. The monoisotopic (exact) mass is 413 g/mol. The number of hydrogen-bond donors (Lipinski definition) is 1. The number of nitrogens with one attached hydrogen (secondary N) is 1. The van der Waals surface area contributed by atoms with Crippen molar-refractivity contribution in [2.24, 2.45) is 5.92 Å². The Labute approximate surface area is 176 Å². The first kappa shape index (κ1) is 21.2. The highest BCUT2D eigenvalue weighted by atomic mass is 32.2. The zero-order chi connectivity index (χ0) is 20.6. The summed E-state index contributed by atoms with van der Waals surface area (Å²) in [6, 6.07) is 11.3. The van der Waals surface area contributed by atoms with Crippen molar-refractivity contribution in [1.29, 1.82) is 0 Å². The molecule has 1 saturated heterocycles. The largest absolute Gasteiger partial charge is 0.484 e. The Balaban J connectivity index is 1.41. The molecule has 7 heteroatoms. The molecule has 2 aromatic rings. The number of nitrogens with zero attached hydrogens (tertiary/aromatic N) is 2. The number of amides is 2. The molecule has 1 fully saturated rings. The molecule has 0 bridgehead atoms. The normalized spacial score (nSPS) is 14.5. The van der Waals surface area contributed by atoms with Crippen molar-refractivity contribution >= 4 is 23.6 Å². The number of piperidine rings is 1. The first-order valence-corrected chi connectivity index (χ1v) is 11.0. The standard InChI is InChI=1S/C22H27N3O3S/c1-16-6-3-4-8-19(16)28-15-20(26)24-14-17-9-12-25(13-10-17)22(27)18-7-5-11-23-21(18)29-2/h3-8,11,17H,9-10,12-15H2,1-2H3,(H,24,26). The van der Waals surface area contributed by atoms with E-state index in [1.165, 1.54) is 11.8 Å². The van der Waals surface area contributed by atoms with E-state index in [1.807, 2.05) is 48.4 Å². The molecule has 2 heterocycles. The third kappa shape index (κ3) is 5.73. The lowest BCUT2D eigenvalue weighted by molar-refractivity contribution is -0.123. The molecule has 3 rings (SSSR count). The van der Waals surface area contributed by atoms with E-state index < -0.39 is 0 Å². The van der Waals surface area contributed by atoms with E-state index in [9.17, 15) is 9.59 Å². The Morgan fingerprint density at radius 2 is 1.97 bits per heavy atom. The van der Waals surface area contributed by atoms with Crippen molar-refractivity contribution < 1.29 is 14.3 Å². The van der Waals surface area contributed by atoms with Gasteiger partial charge in [-0.2, -0.15) is 0 Å². The van der Waals surface area contributed by atoms with Crippen molar-refractivity contribution in [3.05, 3.63) is 53.7 Å². The van der Waals surface area contributed by atoms with E-state index in [-0.39, 0.29) is 18.4 Å². The fraction of sp³-hybridized carbons (Fsp3) is 0.409. The van der Waals surface area contributed by atoms with Crippen LogP contribution in [0, 0.1) is 12.8 Å². The fourth-order valence-electron chi connectivity index (χ4n) is 3.40. The van der Waals surface area contributed by atoms with Gasteiger partial charge in [0, 0.05) is 25.8 Å². The predicted octanol–water partition coefficient (Wildman–Crippen LogP) is 3.16. The van der Waals surface area contributed by atoms with Gasteiger partial charge >= 0.3 is 0 Å². The number of thioether (sulfide) groups is 1. The minimum Gasteiger partial charge on any atom is -0.484 e. The van der Waals surface area contributed by atoms with E-state index >= 15 is 0 Å². The number of aromatic nitrogens is 1. The highest BCUT2D eigenvalue weighted by molar-refractivity contribution is 7.98. The molecule has 1 aliphatic heterocycles. The van der Waals surface area contributed by atoms with E-state index in [1.54, 1.807) is 12.3 Å². The zero-order valence-corrected chi connectivity index (χ0v) is 17.7. The topological polar surface area (TPSA) is 71.5 Å². The summed E-state index contributed by atoms with van der Waals surface area (Å²) in [5.74, 6) is 1.02. The van der Waals surface area contributed by atoms with Crippen LogP contribution in [0.15, 0.2) is 47.6 Å². The number of hydrogen-bond acceptors (Lipinski definition) is 5. The van der Waals surface area contributed by atoms with Crippen LogP contribution in [0.3, 0.4) is 0 Å². The number of ether oxygens (including phenoxy) is 1. The van der Waals surface area contributed by atoms with Gasteiger partial charge in [0.1, 0.15) is 10.8 Å². The summed E-state index contributed by atoms with van der Waals surface area (Å²) < 4.78 is 5.58. The SMILES string of the molecule is CSc1ncccc1C(=O)N1CCC(CNC(=O)COc2ccccc2C)CC1. The van der Waals surface area contributed by atoms with Crippen LogP contribution in [0.1, 0.15) is 28.8 Å². The quantitative estimate of drug-likeness (QED) is 0.706. The molecule has 0 unspecified atom stereocenters. The average molecular weight is 414 g/mol. The molecule has 2 amide bonds. The molecule has 1 aliphatic rings. The summed E-state index contributed by atoms with van der Waals surface area (Å²) in [6.45, 7) is 3.97. The third-order valence-electron chi connectivity index (χ3n) is 5.14. The number of rotatable bonds is 7. The van der Waals surface area contributed by atoms with Crippen molar-refractivity contribution in [2.45, 2.75) is 24.8 Å². The Kier molecular flexibility index (Phi) is 7.52. The molecule has 0 radical (unpaired) electrons. The third-order valence-corrected chi connectivity index (χ3v) is 5.85. The lowest BCUT2D eigenvalue weighted by atomic mass is 9.96. The second-order valence-electron chi connectivity index (χ2n) is 7.15. The summed E-state index contributed by atoms with van der Waals surface area (Å²) in [5.41, 5.74) is 1.68. The number of aryl methyl sites for hydroxylation is 1. The van der Waals surface area contributed by atoms with Crippen molar-refractivity contribution in [1.82, 2.24) is 15.2 Å². The van der Waals surface area contributed by atoms with E-state index in [0.717, 1.165) is 29.2 Å². The molecule has 0 aliphatic carbocycles. The van der Waals surface area contributed by atoms with Crippen molar-refractivity contribution in [2.75, 3.05) is 32.5 Å². The Morgan fingerprint density at radius 1 is 1.21 bits per heavy atom. The molecule has 1 aromatic carbocycles. The maximum absolute atomic E-state index is 12.8. The summed E-state index contributed by atoms with van der Waals surface area (Å²) >= 11 is 1.49. The molecular weight excluding hydrogens is 386 g/mol. The highest BCUT2D eigenvalue weighted by Crippen LogP contribution is 2.22. The molecule has 29 heavy (non-hydrogen) atoms. The van der Waals surface area contributed by atoms with Gasteiger partial charge in [0.25, 0.3) is 11.8 Å². The van der Waals surface area contributed by atoms with E-state index in [0.29, 0.717) is 31.1 Å². The minimum absolute atomic E-state index is 0.0145. The molecule has 0 saturated carbocycles. The first-order valence-electron chi connectivity index (χ1n) is 9.82. The average Bonchev–Trinajstić information content (AvgIpc) is 2.77. The summed E-state index contributed by atoms with van der Waals surface area (Å²) in [5, 5.41) is 3.72. The second-order valence-corrected chi connectivity index (χ2v) is 7.95. The van der Waals surface area contributed by atoms with Gasteiger partial charge in [-0.25, -0.2) is 4.98 Å². The Bertz CT molecular complexity index is 851. The van der Waals surface area contributed by atoms with Gasteiger partial charge in [-0.1, -0.05) is 18.2 Å². The number of carbonyl (C=O) groups excluding carboxylic acids is 2. The van der Waals surface area contributed by atoms with Gasteiger partial charge in [0.2, 0.25) is 0 Å². The predicted molar refractivity (Wildman–Crippen MR) is 114 cm³/mol. The van der Waals surface area contributed by atoms with Crippen LogP contribution >= 0.6 is 11.8 Å². The van der Waals surface area contributed by atoms with Gasteiger partial charge in [-0.05, 0) is 55.7 Å². The lowest BCUT2D eigenvalue weighted by Gasteiger charge is -2.32. The Morgan fingerprint density at radius 3 is 2.69 bits per heavy atom. The minimum atomic E-state index is -0.119. The number of pyridine rings is 1. The van der Waals surface area contributed by atoms with Crippen LogP contribution in [-0.2, 0) is 4.79 Å². The number of benzene rings is 1. The van der Waals surface area contributed by atoms with Crippen LogP contribution in [0.2, 0.25) is 0 Å². The van der Waals surface area contributed by atoms with Crippen LogP contribution in [-0.4, -0.2) is 54.2 Å². The maximum atomic E-state index is 12.8. The first-order chi connectivity index (χ1) is 14.1. The molecule has 0 atom stereocenters. The molecular formula is C22H27N3O3S. The van der Waals surface area contributed by atoms with Crippen LogP contribution < -0.4 is 10.1 Å². The van der Waals surface area contributed by atoms with Crippen LogP contribution in [0.4, 0.5) is 0 Å².